The molecule has 1 atom stereocenters. The van der Waals surface area contributed by atoms with Crippen molar-refractivity contribution in [2.45, 2.75) is 32.6 Å². The first-order valence-electron chi connectivity index (χ1n) is 9.57. The maximum atomic E-state index is 13.8. The van der Waals surface area contributed by atoms with E-state index in [2.05, 4.69) is 4.98 Å². The molecule has 0 radical (unpaired) electrons. The van der Waals surface area contributed by atoms with E-state index in [9.17, 15) is 19.1 Å². The molecular formula is C21H24FN3O4S. The molecule has 1 N–H and O–H groups in total. The van der Waals surface area contributed by atoms with Gasteiger partial charge in [0.2, 0.25) is 5.78 Å². The number of carbonyl (C=O) groups is 2. The summed E-state index contributed by atoms with van der Waals surface area (Å²) in [6.45, 7) is 2.25. The number of carbonyl (C=O) groups excluding carboxylic acids is 2. The van der Waals surface area contributed by atoms with Gasteiger partial charge in [0.1, 0.15) is 5.82 Å². The Kier molecular flexibility index (Phi) is 6.96. The number of halogens is 1. The van der Waals surface area contributed by atoms with E-state index in [4.69, 9.17) is 4.74 Å². The Labute approximate surface area is 177 Å². The highest BCUT2D eigenvalue weighted by molar-refractivity contribution is 7.12. The lowest BCUT2D eigenvalue weighted by atomic mass is 10.1. The quantitative estimate of drug-likeness (QED) is 0.411. The maximum Gasteiger partial charge on any atom is 0.308 e. The standard InChI is InChI=1S/C21H24FN3O4S/c1-4-18(26)16-11-30-21(23-16)20(28)15-10-25(12-29-19(27)7-8-24(2)3)17-9-13(22)5-6-14(15)17/h5-6,9-11,18,26H,4,7-8,12H2,1-3H3/t18-/m0/s1. The van der Waals surface area contributed by atoms with Gasteiger partial charge in [-0.3, -0.25) is 9.59 Å². The zero-order valence-corrected chi connectivity index (χ0v) is 17.9. The van der Waals surface area contributed by atoms with Crippen LogP contribution < -0.4 is 0 Å². The normalized spacial score (nSPS) is 12.5. The summed E-state index contributed by atoms with van der Waals surface area (Å²) < 4.78 is 20.7. The van der Waals surface area contributed by atoms with Gasteiger partial charge in [0.05, 0.1) is 29.3 Å². The van der Waals surface area contributed by atoms with Gasteiger partial charge in [-0.2, -0.15) is 0 Å². The second-order valence-corrected chi connectivity index (χ2v) is 8.06. The molecule has 2 aromatic heterocycles. The predicted octanol–water partition coefficient (Wildman–Crippen LogP) is 3.36. The number of aromatic nitrogens is 2. The van der Waals surface area contributed by atoms with Crippen molar-refractivity contribution in [1.29, 1.82) is 0 Å². The molecule has 1 aromatic carbocycles. The second kappa shape index (κ2) is 9.46. The zero-order valence-electron chi connectivity index (χ0n) is 17.1. The molecular weight excluding hydrogens is 409 g/mol. The number of hydrogen-bond donors (Lipinski definition) is 1. The van der Waals surface area contributed by atoms with Crippen LogP contribution >= 0.6 is 11.3 Å². The molecule has 3 aromatic rings. The molecule has 0 fully saturated rings. The van der Waals surface area contributed by atoms with Crippen LogP contribution in [0, 0.1) is 5.82 Å². The molecule has 7 nitrogen and oxygen atoms in total. The number of ether oxygens (including phenoxy) is 1. The number of rotatable bonds is 9. The van der Waals surface area contributed by atoms with Crippen molar-refractivity contribution < 1.29 is 23.8 Å². The lowest BCUT2D eigenvalue weighted by molar-refractivity contribution is -0.147. The summed E-state index contributed by atoms with van der Waals surface area (Å²) in [6, 6.07) is 4.10. The maximum absolute atomic E-state index is 13.8. The van der Waals surface area contributed by atoms with Gasteiger partial charge in [-0.25, -0.2) is 9.37 Å². The smallest absolute Gasteiger partial charge is 0.308 e. The fourth-order valence-electron chi connectivity index (χ4n) is 2.95. The average molecular weight is 434 g/mol. The van der Waals surface area contributed by atoms with Crippen LogP contribution in [0.1, 0.15) is 46.9 Å². The van der Waals surface area contributed by atoms with Crippen LogP contribution in [-0.2, 0) is 16.3 Å². The summed E-state index contributed by atoms with van der Waals surface area (Å²) in [7, 11) is 3.72. The van der Waals surface area contributed by atoms with E-state index in [1.807, 2.05) is 25.9 Å². The van der Waals surface area contributed by atoms with Crippen molar-refractivity contribution in [3.63, 3.8) is 0 Å². The van der Waals surface area contributed by atoms with E-state index < -0.39 is 11.9 Å². The van der Waals surface area contributed by atoms with Crippen LogP contribution in [0.3, 0.4) is 0 Å². The van der Waals surface area contributed by atoms with Gasteiger partial charge >= 0.3 is 5.97 Å². The number of ketones is 1. The monoisotopic (exact) mass is 433 g/mol. The van der Waals surface area contributed by atoms with Crippen molar-refractivity contribution in [3.05, 3.63) is 51.9 Å². The van der Waals surface area contributed by atoms with Crippen molar-refractivity contribution in [3.8, 4) is 0 Å². The second-order valence-electron chi connectivity index (χ2n) is 7.20. The Hall–Kier alpha value is -2.62. The highest BCUT2D eigenvalue weighted by Gasteiger charge is 2.21. The van der Waals surface area contributed by atoms with Gasteiger partial charge < -0.3 is 19.3 Å². The molecule has 0 aliphatic heterocycles. The SMILES string of the molecule is CC[C@H](O)c1csc(C(=O)c2cn(COC(=O)CCN(C)C)c3cc(F)ccc23)n1. The Morgan fingerprint density at radius 3 is 2.83 bits per heavy atom. The van der Waals surface area contributed by atoms with Crippen molar-refractivity contribution in [2.24, 2.45) is 0 Å². The van der Waals surface area contributed by atoms with Crippen LogP contribution in [-0.4, -0.2) is 52.0 Å². The van der Waals surface area contributed by atoms with Gasteiger partial charge in [-0.05, 0) is 38.7 Å². The molecule has 0 spiro atoms. The molecule has 0 aliphatic rings. The minimum absolute atomic E-state index is 0.128. The van der Waals surface area contributed by atoms with Crippen molar-refractivity contribution in [2.75, 3.05) is 20.6 Å². The van der Waals surface area contributed by atoms with Gasteiger partial charge in [-0.1, -0.05) is 6.92 Å². The first-order chi connectivity index (χ1) is 14.3. The molecule has 0 saturated heterocycles. The van der Waals surface area contributed by atoms with Crippen LogP contribution in [0.25, 0.3) is 10.9 Å². The van der Waals surface area contributed by atoms with E-state index in [0.29, 0.717) is 35.1 Å². The third-order valence-corrected chi connectivity index (χ3v) is 5.52. The first-order valence-corrected chi connectivity index (χ1v) is 10.4. The summed E-state index contributed by atoms with van der Waals surface area (Å²) in [5.41, 5.74) is 1.24. The largest absolute Gasteiger partial charge is 0.444 e. The van der Waals surface area contributed by atoms with E-state index >= 15 is 0 Å². The fraction of sp³-hybridized carbons (Fsp3) is 0.381. The van der Waals surface area contributed by atoms with Crippen molar-refractivity contribution >= 4 is 34.0 Å². The molecule has 0 bridgehead atoms. The van der Waals surface area contributed by atoms with Crippen LogP contribution in [0.15, 0.2) is 29.8 Å². The predicted molar refractivity (Wildman–Crippen MR) is 112 cm³/mol. The van der Waals surface area contributed by atoms with E-state index in [1.54, 1.807) is 11.6 Å². The number of hydrogen-bond acceptors (Lipinski definition) is 7. The molecule has 0 aliphatic carbocycles. The molecule has 9 heteroatoms. The van der Waals surface area contributed by atoms with Gasteiger partial charge in [0.25, 0.3) is 0 Å². The summed E-state index contributed by atoms with van der Waals surface area (Å²) in [6.07, 6.45) is 1.55. The number of fused-ring (bicyclic) bond motifs is 1. The zero-order chi connectivity index (χ0) is 21.8. The third kappa shape index (κ3) is 4.92. The minimum atomic E-state index is -0.722. The Bertz CT molecular complexity index is 1060. The Morgan fingerprint density at radius 2 is 2.13 bits per heavy atom. The number of benzene rings is 1. The molecule has 0 unspecified atom stereocenters. The van der Waals surface area contributed by atoms with E-state index in [1.165, 1.54) is 22.8 Å². The van der Waals surface area contributed by atoms with Gasteiger partial charge in [0, 0.05) is 23.5 Å². The molecule has 30 heavy (non-hydrogen) atoms. The van der Waals surface area contributed by atoms with Gasteiger partial charge in [-0.15, -0.1) is 11.3 Å². The van der Waals surface area contributed by atoms with E-state index in [0.717, 1.165) is 11.3 Å². The molecule has 3 rings (SSSR count). The molecule has 0 saturated carbocycles. The molecule has 160 valence electrons. The first kappa shape index (κ1) is 22.1. The number of thiazole rings is 1. The lowest BCUT2D eigenvalue weighted by Gasteiger charge is -2.10. The molecule has 2 heterocycles. The number of nitrogens with zero attached hydrogens (tertiary/aromatic N) is 3. The summed E-state index contributed by atoms with van der Waals surface area (Å²) >= 11 is 1.15. The van der Waals surface area contributed by atoms with Crippen LogP contribution in [0.5, 0.6) is 0 Å². The number of aliphatic hydroxyl groups excluding tert-OH is 1. The minimum Gasteiger partial charge on any atom is -0.444 e. The lowest BCUT2D eigenvalue weighted by Crippen LogP contribution is -2.18. The highest BCUT2D eigenvalue weighted by atomic mass is 32.1. The average Bonchev–Trinajstić information content (AvgIpc) is 3.34. The van der Waals surface area contributed by atoms with Crippen molar-refractivity contribution in [1.82, 2.24) is 14.5 Å². The summed E-state index contributed by atoms with van der Waals surface area (Å²) in [4.78, 5) is 31.1. The summed E-state index contributed by atoms with van der Waals surface area (Å²) in [5.74, 6) is -1.17. The Morgan fingerprint density at radius 1 is 1.37 bits per heavy atom. The third-order valence-electron chi connectivity index (χ3n) is 4.66. The number of aliphatic hydroxyl groups is 1. The highest BCUT2D eigenvalue weighted by Crippen LogP contribution is 2.27. The summed E-state index contributed by atoms with van der Waals surface area (Å²) in [5, 5.41) is 12.4. The van der Waals surface area contributed by atoms with Gasteiger partial charge in [0.15, 0.2) is 11.7 Å². The van der Waals surface area contributed by atoms with Crippen LogP contribution in [0.2, 0.25) is 0 Å². The van der Waals surface area contributed by atoms with Crippen LogP contribution in [0.4, 0.5) is 4.39 Å². The van der Waals surface area contributed by atoms with E-state index in [-0.39, 0.29) is 29.9 Å². The molecule has 0 amide bonds. The Balaban J connectivity index is 1.87. The fourth-order valence-corrected chi connectivity index (χ4v) is 3.77. The topological polar surface area (TPSA) is 84.7 Å². The number of esters is 1.